The smallest absolute Gasteiger partial charge is 0.221 e. The minimum atomic E-state index is -0.0659. The van der Waals surface area contributed by atoms with Gasteiger partial charge < -0.3 is 10.1 Å². The Kier molecular flexibility index (Phi) is 5.69. The lowest BCUT2D eigenvalue weighted by molar-refractivity contribution is -0.114. The van der Waals surface area contributed by atoms with Gasteiger partial charge in [0.25, 0.3) is 0 Å². The molecule has 0 spiro atoms. The van der Waals surface area contributed by atoms with Crippen molar-refractivity contribution >= 4 is 22.9 Å². The van der Waals surface area contributed by atoms with Gasteiger partial charge in [0.05, 0.1) is 18.4 Å². The number of thiazole rings is 1. The Bertz CT molecular complexity index is 633. The number of carbonyl (C=O) groups excluding carboxylic acids is 1. The van der Waals surface area contributed by atoms with Gasteiger partial charge in [-0.1, -0.05) is 19.1 Å². The van der Waals surface area contributed by atoms with E-state index in [4.69, 9.17) is 9.72 Å². The Labute approximate surface area is 135 Å². The Morgan fingerprint density at radius 3 is 2.55 bits per heavy atom. The number of aromatic nitrogens is 1. The van der Waals surface area contributed by atoms with Crippen LogP contribution in [-0.2, 0) is 22.6 Å². The molecule has 0 atom stereocenters. The van der Waals surface area contributed by atoms with Crippen LogP contribution in [0.1, 0.15) is 37.6 Å². The third kappa shape index (κ3) is 4.39. The molecule has 1 heterocycles. The second kappa shape index (κ2) is 7.51. The van der Waals surface area contributed by atoms with E-state index >= 15 is 0 Å². The van der Waals surface area contributed by atoms with Crippen LogP contribution in [0.5, 0.6) is 0 Å². The van der Waals surface area contributed by atoms with Crippen molar-refractivity contribution in [3.63, 3.8) is 0 Å². The van der Waals surface area contributed by atoms with Crippen molar-refractivity contribution in [2.75, 3.05) is 5.32 Å². The van der Waals surface area contributed by atoms with Crippen LogP contribution in [-0.4, -0.2) is 17.0 Å². The highest BCUT2D eigenvalue weighted by atomic mass is 32.1. The SMILES string of the molecule is CCc1sc(COC(C)C)nc1-c1ccc(NC(C)=O)cc1. The second-order valence-corrected chi connectivity index (χ2v) is 6.52. The van der Waals surface area contributed by atoms with Crippen LogP contribution < -0.4 is 5.32 Å². The van der Waals surface area contributed by atoms with Crippen molar-refractivity contribution in [3.8, 4) is 11.3 Å². The number of benzene rings is 1. The van der Waals surface area contributed by atoms with Crippen LogP contribution >= 0.6 is 11.3 Å². The molecule has 0 radical (unpaired) electrons. The molecule has 1 aromatic heterocycles. The molecule has 0 aliphatic carbocycles. The van der Waals surface area contributed by atoms with Crippen LogP contribution in [0.3, 0.4) is 0 Å². The fraction of sp³-hybridized carbons (Fsp3) is 0.412. The maximum Gasteiger partial charge on any atom is 0.221 e. The van der Waals surface area contributed by atoms with Gasteiger partial charge in [-0.15, -0.1) is 11.3 Å². The fourth-order valence-corrected chi connectivity index (χ4v) is 3.03. The predicted molar refractivity (Wildman–Crippen MR) is 91.2 cm³/mol. The molecule has 0 fully saturated rings. The highest BCUT2D eigenvalue weighted by Crippen LogP contribution is 2.30. The van der Waals surface area contributed by atoms with Gasteiger partial charge in [-0.05, 0) is 32.4 Å². The van der Waals surface area contributed by atoms with Gasteiger partial charge in [-0.25, -0.2) is 4.98 Å². The fourth-order valence-electron chi connectivity index (χ4n) is 2.08. The highest BCUT2D eigenvalue weighted by Gasteiger charge is 2.12. The molecule has 2 aromatic rings. The van der Waals surface area contributed by atoms with Crippen molar-refractivity contribution < 1.29 is 9.53 Å². The number of aryl methyl sites for hydroxylation is 1. The van der Waals surface area contributed by atoms with Crippen molar-refractivity contribution in [2.24, 2.45) is 0 Å². The third-order valence-corrected chi connectivity index (χ3v) is 4.25. The van der Waals surface area contributed by atoms with Crippen LogP contribution in [0, 0.1) is 0 Å². The van der Waals surface area contributed by atoms with Crippen LogP contribution in [0.2, 0.25) is 0 Å². The molecule has 2 rings (SSSR count). The molecule has 0 unspecified atom stereocenters. The van der Waals surface area contributed by atoms with Gasteiger partial charge >= 0.3 is 0 Å². The van der Waals surface area contributed by atoms with Crippen molar-refractivity contribution in [3.05, 3.63) is 34.2 Å². The standard InChI is InChI=1S/C17H22N2O2S/c1-5-15-17(19-16(22-15)10-21-11(2)3)13-6-8-14(9-7-13)18-12(4)20/h6-9,11H,5,10H2,1-4H3,(H,18,20). The lowest BCUT2D eigenvalue weighted by Gasteiger charge is -2.05. The molecule has 118 valence electrons. The third-order valence-electron chi connectivity index (χ3n) is 3.08. The Morgan fingerprint density at radius 2 is 2.00 bits per heavy atom. The normalized spacial score (nSPS) is 11.0. The minimum Gasteiger partial charge on any atom is -0.372 e. The molecule has 0 bridgehead atoms. The zero-order valence-corrected chi connectivity index (χ0v) is 14.3. The topological polar surface area (TPSA) is 51.2 Å². The maximum atomic E-state index is 11.1. The summed E-state index contributed by atoms with van der Waals surface area (Å²) in [6.45, 7) is 8.24. The number of carbonyl (C=O) groups is 1. The Morgan fingerprint density at radius 1 is 1.32 bits per heavy atom. The Hall–Kier alpha value is -1.72. The van der Waals surface area contributed by atoms with Gasteiger partial charge in [0.2, 0.25) is 5.91 Å². The second-order valence-electron chi connectivity index (χ2n) is 5.35. The molecule has 1 amide bonds. The molecule has 5 heteroatoms. The first-order valence-corrected chi connectivity index (χ1v) is 8.29. The minimum absolute atomic E-state index is 0.0659. The van der Waals surface area contributed by atoms with Crippen LogP contribution in [0.4, 0.5) is 5.69 Å². The maximum absolute atomic E-state index is 11.1. The number of ether oxygens (including phenoxy) is 1. The van der Waals surface area contributed by atoms with E-state index < -0.39 is 0 Å². The summed E-state index contributed by atoms with van der Waals surface area (Å²) >= 11 is 1.71. The highest BCUT2D eigenvalue weighted by molar-refractivity contribution is 7.12. The molecule has 1 aromatic carbocycles. The number of hydrogen-bond acceptors (Lipinski definition) is 4. The average Bonchev–Trinajstić information content (AvgIpc) is 2.88. The van der Waals surface area contributed by atoms with E-state index in [1.165, 1.54) is 11.8 Å². The van der Waals surface area contributed by atoms with Crippen molar-refractivity contribution in [2.45, 2.75) is 46.8 Å². The molecule has 4 nitrogen and oxygen atoms in total. The summed E-state index contributed by atoms with van der Waals surface area (Å²) in [6, 6.07) is 7.79. The summed E-state index contributed by atoms with van der Waals surface area (Å²) in [5.41, 5.74) is 2.88. The van der Waals surface area contributed by atoms with Gasteiger partial charge in [-0.2, -0.15) is 0 Å². The predicted octanol–water partition coefficient (Wildman–Crippen LogP) is 4.26. The summed E-state index contributed by atoms with van der Waals surface area (Å²) in [6.07, 6.45) is 1.15. The molecule has 0 saturated heterocycles. The number of amides is 1. The summed E-state index contributed by atoms with van der Waals surface area (Å²) in [5, 5.41) is 3.78. The molecule has 0 aliphatic heterocycles. The van der Waals surface area contributed by atoms with Gasteiger partial charge in [0.1, 0.15) is 5.01 Å². The molecule has 22 heavy (non-hydrogen) atoms. The van der Waals surface area contributed by atoms with Crippen LogP contribution in [0.15, 0.2) is 24.3 Å². The number of nitrogens with zero attached hydrogens (tertiary/aromatic N) is 1. The molecule has 1 N–H and O–H groups in total. The van der Waals surface area contributed by atoms with E-state index in [1.54, 1.807) is 11.3 Å². The first kappa shape index (κ1) is 16.6. The number of anilines is 1. The van der Waals surface area contributed by atoms with Crippen LogP contribution in [0.25, 0.3) is 11.3 Å². The summed E-state index contributed by atoms with van der Waals surface area (Å²) in [4.78, 5) is 17.0. The lowest BCUT2D eigenvalue weighted by atomic mass is 10.1. The van der Waals surface area contributed by atoms with Gasteiger partial charge in [0, 0.05) is 23.1 Å². The summed E-state index contributed by atoms with van der Waals surface area (Å²) in [5.74, 6) is -0.0659. The average molecular weight is 318 g/mol. The molecular weight excluding hydrogens is 296 g/mol. The number of hydrogen-bond donors (Lipinski definition) is 1. The van der Waals surface area contributed by atoms with E-state index in [0.717, 1.165) is 28.4 Å². The quantitative estimate of drug-likeness (QED) is 0.866. The largest absolute Gasteiger partial charge is 0.372 e. The van der Waals surface area contributed by atoms with E-state index in [0.29, 0.717) is 6.61 Å². The van der Waals surface area contributed by atoms with E-state index in [9.17, 15) is 4.79 Å². The number of rotatable bonds is 6. The summed E-state index contributed by atoms with van der Waals surface area (Å²) < 4.78 is 5.64. The number of nitrogens with one attached hydrogen (secondary N) is 1. The van der Waals surface area contributed by atoms with Crippen molar-refractivity contribution in [1.29, 1.82) is 0 Å². The summed E-state index contributed by atoms with van der Waals surface area (Å²) in [7, 11) is 0. The van der Waals surface area contributed by atoms with E-state index in [2.05, 4.69) is 12.2 Å². The molecule has 0 saturated carbocycles. The molecule has 0 aliphatic rings. The lowest BCUT2D eigenvalue weighted by Crippen LogP contribution is -2.05. The molecular formula is C17H22N2O2S. The monoisotopic (exact) mass is 318 g/mol. The first-order valence-electron chi connectivity index (χ1n) is 7.47. The van der Waals surface area contributed by atoms with Crippen molar-refractivity contribution in [1.82, 2.24) is 4.98 Å². The van der Waals surface area contributed by atoms with E-state index in [-0.39, 0.29) is 12.0 Å². The first-order chi connectivity index (χ1) is 10.5. The zero-order chi connectivity index (χ0) is 16.1. The van der Waals surface area contributed by atoms with Gasteiger partial charge in [0.15, 0.2) is 0 Å². The Balaban J connectivity index is 2.21. The zero-order valence-electron chi connectivity index (χ0n) is 13.5. The van der Waals surface area contributed by atoms with E-state index in [1.807, 2.05) is 38.1 Å². The van der Waals surface area contributed by atoms with Gasteiger partial charge in [-0.3, -0.25) is 4.79 Å².